The van der Waals surface area contributed by atoms with Crippen LogP contribution in [0.4, 0.5) is 0 Å². The Bertz CT molecular complexity index is 70.0. The van der Waals surface area contributed by atoms with Crippen LogP contribution in [-0.2, 0) is 0 Å². The molecule has 4 nitrogen and oxygen atoms in total. The normalized spacial score (nSPS) is 13.5. The molecule has 0 aromatic rings. The van der Waals surface area contributed by atoms with E-state index in [1.807, 2.05) is 0 Å². The third-order valence-electron chi connectivity index (χ3n) is 1.24. The second-order valence-electron chi connectivity index (χ2n) is 2.07. The highest BCUT2D eigenvalue weighted by Gasteiger charge is 2.03. The van der Waals surface area contributed by atoms with Crippen LogP contribution in [0.2, 0.25) is 0 Å². The first-order valence-electron chi connectivity index (χ1n) is 3.41. The van der Waals surface area contributed by atoms with Gasteiger partial charge in [-0.1, -0.05) is 0 Å². The highest BCUT2D eigenvalue weighted by atomic mass is 16.3. The summed E-state index contributed by atoms with van der Waals surface area (Å²) in [5.74, 6) is 0. The number of hydrogen-bond donors (Lipinski definition) is 4. The van der Waals surface area contributed by atoms with Crippen molar-refractivity contribution in [2.24, 2.45) is 0 Å². The average Bonchev–Trinajstić information content (AvgIpc) is 1.98. The Kier molecular flexibility index (Phi) is 6.84. The summed E-state index contributed by atoms with van der Waals surface area (Å²) in [7, 11) is 0. The minimum Gasteiger partial charge on any atom is -0.396 e. The predicted molar refractivity (Wildman–Crippen MR) is 37.7 cm³/mol. The van der Waals surface area contributed by atoms with Gasteiger partial charge in [-0.15, -0.1) is 0 Å². The van der Waals surface area contributed by atoms with E-state index in [0.29, 0.717) is 13.0 Å². The van der Waals surface area contributed by atoms with Crippen molar-refractivity contribution in [3.05, 3.63) is 0 Å². The van der Waals surface area contributed by atoms with E-state index in [9.17, 15) is 0 Å². The third-order valence-corrected chi connectivity index (χ3v) is 1.24. The summed E-state index contributed by atoms with van der Waals surface area (Å²) in [6.45, 7) is 0.581. The van der Waals surface area contributed by atoms with Crippen LogP contribution in [0.1, 0.15) is 6.42 Å². The van der Waals surface area contributed by atoms with E-state index in [2.05, 4.69) is 5.32 Å². The van der Waals surface area contributed by atoms with Crippen molar-refractivity contribution in [3.63, 3.8) is 0 Å². The first kappa shape index (κ1) is 9.84. The molecule has 0 saturated carbocycles. The molecule has 0 saturated heterocycles. The molecule has 0 spiro atoms. The second kappa shape index (κ2) is 6.95. The summed E-state index contributed by atoms with van der Waals surface area (Å²) in [6.07, 6.45) is 0.524. The summed E-state index contributed by atoms with van der Waals surface area (Å²) in [6, 6.07) is -0.0860. The average molecular weight is 149 g/mol. The molecule has 0 rings (SSSR count). The SMILES string of the molecule is OCCN[C@H](CO)CCO. The highest BCUT2D eigenvalue weighted by Crippen LogP contribution is 1.87. The second-order valence-corrected chi connectivity index (χ2v) is 2.07. The molecule has 0 heterocycles. The van der Waals surface area contributed by atoms with E-state index in [4.69, 9.17) is 15.3 Å². The van der Waals surface area contributed by atoms with Crippen molar-refractivity contribution in [1.82, 2.24) is 5.32 Å². The van der Waals surface area contributed by atoms with Crippen LogP contribution in [-0.4, -0.2) is 47.7 Å². The van der Waals surface area contributed by atoms with Crippen LogP contribution >= 0.6 is 0 Å². The van der Waals surface area contributed by atoms with Gasteiger partial charge in [0.15, 0.2) is 0 Å². The molecular formula is C6H15NO3. The maximum Gasteiger partial charge on any atom is 0.0585 e. The van der Waals surface area contributed by atoms with Crippen molar-refractivity contribution in [1.29, 1.82) is 0 Å². The molecule has 4 N–H and O–H groups in total. The Morgan fingerprint density at radius 2 is 1.80 bits per heavy atom. The zero-order valence-electron chi connectivity index (χ0n) is 5.95. The summed E-state index contributed by atoms with van der Waals surface area (Å²) >= 11 is 0. The van der Waals surface area contributed by atoms with Crippen molar-refractivity contribution in [2.45, 2.75) is 12.5 Å². The molecule has 10 heavy (non-hydrogen) atoms. The van der Waals surface area contributed by atoms with Crippen molar-refractivity contribution in [3.8, 4) is 0 Å². The number of aliphatic hydroxyl groups is 3. The minimum absolute atomic E-state index is 0.000556. The molecule has 62 valence electrons. The van der Waals surface area contributed by atoms with Crippen LogP contribution in [0.3, 0.4) is 0 Å². The van der Waals surface area contributed by atoms with Gasteiger partial charge in [-0.3, -0.25) is 0 Å². The molecule has 0 fully saturated rings. The number of nitrogens with one attached hydrogen (secondary N) is 1. The number of aliphatic hydroxyl groups excluding tert-OH is 3. The zero-order valence-corrected chi connectivity index (χ0v) is 5.95. The van der Waals surface area contributed by atoms with E-state index in [0.717, 1.165) is 0 Å². The van der Waals surface area contributed by atoms with Gasteiger partial charge in [-0.25, -0.2) is 0 Å². The first-order valence-corrected chi connectivity index (χ1v) is 3.41. The van der Waals surface area contributed by atoms with Gasteiger partial charge in [0.25, 0.3) is 0 Å². The lowest BCUT2D eigenvalue weighted by Crippen LogP contribution is -2.35. The van der Waals surface area contributed by atoms with Crippen LogP contribution in [0.5, 0.6) is 0 Å². The predicted octanol–water partition coefficient (Wildman–Crippen LogP) is -1.69. The fourth-order valence-corrected chi connectivity index (χ4v) is 0.682. The zero-order chi connectivity index (χ0) is 7.82. The highest BCUT2D eigenvalue weighted by molar-refractivity contribution is 4.63. The Morgan fingerprint density at radius 3 is 2.20 bits per heavy atom. The molecule has 4 heteroatoms. The van der Waals surface area contributed by atoms with Gasteiger partial charge in [0.2, 0.25) is 0 Å². The van der Waals surface area contributed by atoms with Crippen molar-refractivity contribution in [2.75, 3.05) is 26.4 Å². The van der Waals surface area contributed by atoms with Crippen LogP contribution < -0.4 is 5.32 Å². The molecule has 0 amide bonds. The summed E-state index contributed by atoms with van der Waals surface area (Å²) < 4.78 is 0. The van der Waals surface area contributed by atoms with Gasteiger partial charge in [-0.05, 0) is 6.42 Å². The standard InChI is InChI=1S/C6H15NO3/c8-3-1-6(5-10)7-2-4-9/h6-10H,1-5H2/t6-/m0/s1. The molecule has 0 bridgehead atoms. The quantitative estimate of drug-likeness (QED) is 0.364. The lowest BCUT2D eigenvalue weighted by atomic mass is 10.2. The van der Waals surface area contributed by atoms with E-state index in [1.165, 1.54) is 0 Å². The molecule has 0 aromatic heterocycles. The van der Waals surface area contributed by atoms with Crippen LogP contribution in [0.25, 0.3) is 0 Å². The summed E-state index contributed by atoms with van der Waals surface area (Å²) in [4.78, 5) is 0. The maximum atomic E-state index is 8.63. The Morgan fingerprint density at radius 1 is 1.10 bits per heavy atom. The number of rotatable bonds is 6. The van der Waals surface area contributed by atoms with Gasteiger partial charge < -0.3 is 20.6 Å². The Hall–Kier alpha value is -0.160. The molecular weight excluding hydrogens is 134 g/mol. The van der Waals surface area contributed by atoms with Crippen LogP contribution in [0, 0.1) is 0 Å². The van der Waals surface area contributed by atoms with Crippen molar-refractivity contribution >= 4 is 0 Å². The van der Waals surface area contributed by atoms with E-state index >= 15 is 0 Å². The van der Waals surface area contributed by atoms with E-state index in [-0.39, 0.29) is 25.9 Å². The van der Waals surface area contributed by atoms with E-state index < -0.39 is 0 Å². The largest absolute Gasteiger partial charge is 0.396 e. The summed E-state index contributed by atoms with van der Waals surface area (Å²) in [5, 5.41) is 28.3. The van der Waals surface area contributed by atoms with Gasteiger partial charge in [0.1, 0.15) is 0 Å². The maximum absolute atomic E-state index is 8.63. The molecule has 0 aliphatic carbocycles. The Labute approximate surface area is 60.5 Å². The van der Waals surface area contributed by atoms with Gasteiger partial charge >= 0.3 is 0 Å². The van der Waals surface area contributed by atoms with E-state index in [1.54, 1.807) is 0 Å². The molecule has 0 aliphatic rings. The van der Waals surface area contributed by atoms with Crippen molar-refractivity contribution < 1.29 is 15.3 Å². The summed E-state index contributed by atoms with van der Waals surface area (Å²) in [5.41, 5.74) is 0. The van der Waals surface area contributed by atoms with Crippen LogP contribution in [0.15, 0.2) is 0 Å². The Balaban J connectivity index is 3.21. The molecule has 0 radical (unpaired) electrons. The monoisotopic (exact) mass is 149 g/mol. The lowest BCUT2D eigenvalue weighted by Gasteiger charge is -2.12. The third kappa shape index (κ3) is 4.69. The first-order chi connectivity index (χ1) is 4.85. The van der Waals surface area contributed by atoms with Gasteiger partial charge in [0, 0.05) is 19.2 Å². The lowest BCUT2D eigenvalue weighted by molar-refractivity contribution is 0.191. The van der Waals surface area contributed by atoms with Gasteiger partial charge in [-0.2, -0.15) is 0 Å². The molecule has 1 atom stereocenters. The smallest absolute Gasteiger partial charge is 0.0585 e. The fourth-order valence-electron chi connectivity index (χ4n) is 0.682. The number of hydrogen-bond acceptors (Lipinski definition) is 4. The molecule has 0 aliphatic heterocycles. The molecule has 0 unspecified atom stereocenters. The molecule has 0 aromatic carbocycles. The minimum atomic E-state index is -0.0860. The fraction of sp³-hybridized carbons (Fsp3) is 1.00. The topological polar surface area (TPSA) is 72.7 Å². The van der Waals surface area contributed by atoms with Gasteiger partial charge in [0.05, 0.1) is 13.2 Å².